The van der Waals surface area contributed by atoms with Crippen LogP contribution >= 0.6 is 0 Å². The first kappa shape index (κ1) is 20.2. The van der Waals surface area contributed by atoms with Crippen LogP contribution in [0.3, 0.4) is 0 Å². The molecule has 1 aliphatic rings. The van der Waals surface area contributed by atoms with Crippen molar-refractivity contribution in [3.05, 3.63) is 24.3 Å². The van der Waals surface area contributed by atoms with Crippen LogP contribution in [0.2, 0.25) is 0 Å². The van der Waals surface area contributed by atoms with E-state index in [0.29, 0.717) is 13.0 Å². The summed E-state index contributed by atoms with van der Waals surface area (Å²) in [7, 11) is -1.58. The lowest BCUT2D eigenvalue weighted by Gasteiger charge is -2.25. The molecule has 1 atom stereocenters. The monoisotopic (exact) mass is 389 g/mol. The van der Waals surface area contributed by atoms with Crippen molar-refractivity contribution in [1.29, 1.82) is 0 Å². The summed E-state index contributed by atoms with van der Waals surface area (Å²) in [5.41, 5.74) is -0.201. The summed E-state index contributed by atoms with van der Waals surface area (Å²) in [6.07, 6.45) is 1.38. The lowest BCUT2D eigenvalue weighted by molar-refractivity contribution is -0.133. The van der Waals surface area contributed by atoms with Gasteiger partial charge in [0.2, 0.25) is 21.7 Å². The summed E-state index contributed by atoms with van der Waals surface area (Å²) in [6.45, 7) is 0.419. The number of rotatable bonds is 6. The molecule has 0 aromatic heterocycles. The second-order valence-electron chi connectivity index (χ2n) is 6.21. The lowest BCUT2D eigenvalue weighted by Crippen LogP contribution is -2.45. The van der Waals surface area contributed by atoms with E-state index in [1.165, 1.54) is 23.1 Å². The first-order chi connectivity index (χ1) is 12.1. The van der Waals surface area contributed by atoms with E-state index < -0.39 is 32.4 Å². The average Bonchev–Trinajstić information content (AvgIpc) is 3.01. The average molecular weight is 389 g/mol. The topological polar surface area (TPSA) is 86.8 Å². The van der Waals surface area contributed by atoms with Gasteiger partial charge in [-0.3, -0.25) is 14.5 Å². The Morgan fingerprint density at radius 1 is 1.31 bits per heavy atom. The van der Waals surface area contributed by atoms with E-state index in [1.807, 2.05) is 0 Å². The molecule has 10 heteroatoms. The zero-order valence-electron chi connectivity index (χ0n) is 14.5. The van der Waals surface area contributed by atoms with E-state index in [4.69, 9.17) is 0 Å². The number of amides is 2. The summed E-state index contributed by atoms with van der Waals surface area (Å²) in [4.78, 5) is 27.0. The van der Waals surface area contributed by atoms with Crippen LogP contribution in [-0.2, 0) is 19.4 Å². The van der Waals surface area contributed by atoms with Gasteiger partial charge < -0.3 is 10.2 Å². The van der Waals surface area contributed by atoms with Crippen LogP contribution in [0.4, 0.5) is 14.5 Å². The number of para-hydroxylation sites is 1. The van der Waals surface area contributed by atoms with Crippen molar-refractivity contribution in [1.82, 2.24) is 9.80 Å². The van der Waals surface area contributed by atoms with Gasteiger partial charge in [0.1, 0.15) is 0 Å². The highest BCUT2D eigenvalue weighted by atomic mass is 32.2. The molecule has 0 bridgehead atoms. The maximum atomic E-state index is 12.8. The lowest BCUT2D eigenvalue weighted by atomic mass is 10.2. The van der Waals surface area contributed by atoms with Crippen molar-refractivity contribution < 1.29 is 26.8 Å². The van der Waals surface area contributed by atoms with Gasteiger partial charge >= 0.3 is 5.76 Å². The molecule has 1 saturated heterocycles. The molecule has 2 amide bonds. The predicted molar refractivity (Wildman–Crippen MR) is 91.6 cm³/mol. The normalized spacial score (nSPS) is 18.1. The van der Waals surface area contributed by atoms with Gasteiger partial charge in [-0.25, -0.2) is 8.42 Å². The SMILES string of the molecule is CN(C)C(=O)C1CCCN1CC(=O)Nc1ccccc1S(=O)(=O)C(F)F. The number of nitrogens with zero attached hydrogens (tertiary/aromatic N) is 2. The van der Waals surface area contributed by atoms with E-state index >= 15 is 0 Å². The van der Waals surface area contributed by atoms with Crippen LogP contribution in [0.25, 0.3) is 0 Å². The Morgan fingerprint density at radius 3 is 2.58 bits per heavy atom. The first-order valence-corrected chi connectivity index (χ1v) is 9.55. The molecular weight excluding hydrogens is 368 g/mol. The molecule has 1 aliphatic heterocycles. The Hall–Kier alpha value is -2.07. The van der Waals surface area contributed by atoms with Gasteiger partial charge in [0, 0.05) is 14.1 Å². The van der Waals surface area contributed by atoms with Gasteiger partial charge in [0.15, 0.2) is 0 Å². The Labute approximate surface area is 150 Å². The second kappa shape index (κ2) is 8.09. The fourth-order valence-corrected chi connectivity index (χ4v) is 3.77. The van der Waals surface area contributed by atoms with Gasteiger partial charge in [-0.2, -0.15) is 8.78 Å². The minimum Gasteiger partial charge on any atom is -0.347 e. The number of benzene rings is 1. The number of carbonyl (C=O) groups is 2. The Morgan fingerprint density at radius 2 is 1.96 bits per heavy atom. The third-order valence-corrected chi connectivity index (χ3v) is 5.58. The van der Waals surface area contributed by atoms with Crippen molar-refractivity contribution >= 4 is 27.3 Å². The van der Waals surface area contributed by atoms with Crippen LogP contribution in [-0.4, -0.2) is 69.0 Å². The first-order valence-electron chi connectivity index (χ1n) is 8.00. The van der Waals surface area contributed by atoms with Crippen molar-refractivity contribution in [2.75, 3.05) is 32.5 Å². The van der Waals surface area contributed by atoms with Crippen molar-refractivity contribution in [2.24, 2.45) is 0 Å². The van der Waals surface area contributed by atoms with Crippen LogP contribution in [0.15, 0.2) is 29.2 Å². The molecule has 7 nitrogen and oxygen atoms in total. The summed E-state index contributed by atoms with van der Waals surface area (Å²) in [6, 6.07) is 4.59. The van der Waals surface area contributed by atoms with Crippen molar-refractivity contribution in [3.8, 4) is 0 Å². The minimum atomic E-state index is -4.84. The number of anilines is 1. The van der Waals surface area contributed by atoms with E-state index in [0.717, 1.165) is 12.5 Å². The Balaban J connectivity index is 2.13. The fourth-order valence-electron chi connectivity index (χ4n) is 2.88. The van der Waals surface area contributed by atoms with Crippen LogP contribution in [0, 0.1) is 0 Å². The largest absolute Gasteiger partial charge is 0.347 e. The van der Waals surface area contributed by atoms with Crippen LogP contribution < -0.4 is 5.32 Å². The molecule has 2 rings (SSSR count). The molecule has 1 fully saturated rings. The molecule has 1 unspecified atom stereocenters. The molecule has 1 aromatic rings. The smallest absolute Gasteiger partial charge is 0.341 e. The number of carbonyl (C=O) groups excluding carboxylic acids is 2. The van der Waals surface area contributed by atoms with E-state index in [9.17, 15) is 26.8 Å². The molecule has 0 spiro atoms. The van der Waals surface area contributed by atoms with Crippen molar-refractivity contribution in [2.45, 2.75) is 29.5 Å². The molecule has 0 radical (unpaired) electrons. The molecule has 0 aliphatic carbocycles. The number of nitrogens with one attached hydrogen (secondary N) is 1. The number of likely N-dealkylation sites (N-methyl/N-ethyl adjacent to an activating group) is 1. The quantitative estimate of drug-likeness (QED) is 0.789. The minimum absolute atomic E-state index is 0.115. The number of likely N-dealkylation sites (tertiary alicyclic amines) is 1. The van der Waals surface area contributed by atoms with Gasteiger partial charge in [-0.05, 0) is 31.5 Å². The van der Waals surface area contributed by atoms with Crippen LogP contribution in [0.5, 0.6) is 0 Å². The number of alkyl halides is 2. The number of hydrogen-bond donors (Lipinski definition) is 1. The Kier molecular flexibility index (Phi) is 6.30. The van der Waals surface area contributed by atoms with Gasteiger partial charge in [0.25, 0.3) is 0 Å². The highest BCUT2D eigenvalue weighted by molar-refractivity contribution is 7.91. The fraction of sp³-hybridized carbons (Fsp3) is 0.500. The van der Waals surface area contributed by atoms with Crippen LogP contribution in [0.1, 0.15) is 12.8 Å². The van der Waals surface area contributed by atoms with E-state index in [2.05, 4.69) is 5.32 Å². The predicted octanol–water partition coefficient (Wildman–Crippen LogP) is 1.17. The standard InChI is InChI=1S/C16H21F2N3O4S/c1-20(2)15(23)12-7-5-9-21(12)10-14(22)19-11-6-3-4-8-13(11)26(24,25)16(17)18/h3-4,6,8,12,16H,5,7,9-10H2,1-2H3,(H,19,22). The third kappa shape index (κ3) is 4.36. The molecule has 1 heterocycles. The zero-order valence-corrected chi connectivity index (χ0v) is 15.3. The highest BCUT2D eigenvalue weighted by Gasteiger charge is 2.33. The maximum Gasteiger partial charge on any atom is 0.341 e. The molecule has 1 aromatic carbocycles. The Bertz CT molecular complexity index is 783. The summed E-state index contributed by atoms with van der Waals surface area (Å²) < 4.78 is 49.1. The van der Waals surface area contributed by atoms with Gasteiger partial charge in [-0.1, -0.05) is 12.1 Å². The maximum absolute atomic E-state index is 12.8. The van der Waals surface area contributed by atoms with E-state index in [-0.39, 0.29) is 18.1 Å². The molecule has 0 saturated carbocycles. The van der Waals surface area contributed by atoms with E-state index in [1.54, 1.807) is 19.0 Å². The number of halogens is 2. The second-order valence-corrected chi connectivity index (χ2v) is 8.10. The molecule has 26 heavy (non-hydrogen) atoms. The summed E-state index contributed by atoms with van der Waals surface area (Å²) in [5, 5.41) is 2.37. The zero-order chi connectivity index (χ0) is 19.5. The number of sulfone groups is 1. The molecule has 144 valence electrons. The number of hydrogen-bond acceptors (Lipinski definition) is 5. The summed E-state index contributed by atoms with van der Waals surface area (Å²) in [5.74, 6) is -4.27. The van der Waals surface area contributed by atoms with Gasteiger partial charge in [-0.15, -0.1) is 0 Å². The highest BCUT2D eigenvalue weighted by Crippen LogP contribution is 2.26. The van der Waals surface area contributed by atoms with Gasteiger partial charge in [0.05, 0.1) is 23.2 Å². The third-order valence-electron chi connectivity index (χ3n) is 4.14. The summed E-state index contributed by atoms with van der Waals surface area (Å²) >= 11 is 0. The molecule has 1 N–H and O–H groups in total. The molecular formula is C16H21F2N3O4S. The van der Waals surface area contributed by atoms with Crippen molar-refractivity contribution in [3.63, 3.8) is 0 Å².